The summed E-state index contributed by atoms with van der Waals surface area (Å²) >= 11 is 0. The molecule has 0 aliphatic rings. The molecule has 1 aromatic carbocycles. The largest absolute Gasteiger partial charge is 0.348 e. The van der Waals surface area contributed by atoms with Crippen LogP contribution >= 0.6 is 0 Å². The Hall–Kier alpha value is -3.48. The summed E-state index contributed by atoms with van der Waals surface area (Å²) < 4.78 is 3.66. The fourth-order valence-corrected chi connectivity index (χ4v) is 3.66. The first-order valence-corrected chi connectivity index (χ1v) is 10.2. The maximum atomic E-state index is 13.3. The molecular formula is C23H26N6O. The Labute approximate surface area is 175 Å². The highest BCUT2D eigenvalue weighted by atomic mass is 16.1. The van der Waals surface area contributed by atoms with Crippen molar-refractivity contribution in [1.82, 2.24) is 29.9 Å². The quantitative estimate of drug-likeness (QED) is 0.533. The van der Waals surface area contributed by atoms with Crippen LogP contribution in [0.5, 0.6) is 0 Å². The first-order valence-electron chi connectivity index (χ1n) is 10.2. The van der Waals surface area contributed by atoms with E-state index in [1.54, 1.807) is 6.20 Å². The van der Waals surface area contributed by atoms with Crippen molar-refractivity contribution in [3.63, 3.8) is 0 Å². The molecule has 4 rings (SSSR count). The van der Waals surface area contributed by atoms with Crippen molar-refractivity contribution in [3.05, 3.63) is 65.6 Å². The SMILES string of the molecule is CCn1nc(C)c2c(C(=O)N[C@H](C)Cn3cccn3)cc(-c3ccc(C)cc3)nc21. The van der Waals surface area contributed by atoms with Crippen LogP contribution in [-0.4, -0.2) is 36.5 Å². The molecule has 30 heavy (non-hydrogen) atoms. The predicted molar refractivity (Wildman–Crippen MR) is 117 cm³/mol. The fraction of sp³-hybridized carbons (Fsp3) is 0.304. The lowest BCUT2D eigenvalue weighted by Crippen LogP contribution is -2.36. The molecule has 3 heterocycles. The van der Waals surface area contributed by atoms with E-state index in [2.05, 4.69) is 34.6 Å². The van der Waals surface area contributed by atoms with Gasteiger partial charge in [-0.2, -0.15) is 10.2 Å². The molecule has 1 N–H and O–H groups in total. The molecule has 0 aliphatic carbocycles. The summed E-state index contributed by atoms with van der Waals surface area (Å²) in [4.78, 5) is 18.1. The van der Waals surface area contributed by atoms with Crippen LogP contribution in [0.1, 0.15) is 35.5 Å². The Bertz CT molecular complexity index is 1170. The Balaban J connectivity index is 1.75. The summed E-state index contributed by atoms with van der Waals surface area (Å²) in [7, 11) is 0. The van der Waals surface area contributed by atoms with Gasteiger partial charge in [-0.3, -0.25) is 9.48 Å². The van der Waals surface area contributed by atoms with Gasteiger partial charge in [0.25, 0.3) is 5.91 Å². The minimum Gasteiger partial charge on any atom is -0.348 e. The van der Waals surface area contributed by atoms with Gasteiger partial charge in [0.15, 0.2) is 5.65 Å². The molecule has 0 saturated heterocycles. The van der Waals surface area contributed by atoms with E-state index in [9.17, 15) is 4.79 Å². The van der Waals surface area contributed by atoms with Crippen molar-refractivity contribution in [1.29, 1.82) is 0 Å². The van der Waals surface area contributed by atoms with E-state index in [0.717, 1.165) is 28.0 Å². The van der Waals surface area contributed by atoms with Gasteiger partial charge in [-0.1, -0.05) is 29.8 Å². The van der Waals surface area contributed by atoms with E-state index in [-0.39, 0.29) is 11.9 Å². The summed E-state index contributed by atoms with van der Waals surface area (Å²) in [5, 5.41) is 12.7. The van der Waals surface area contributed by atoms with Crippen LogP contribution in [0.4, 0.5) is 0 Å². The number of benzene rings is 1. The minimum atomic E-state index is -0.130. The number of hydrogen-bond donors (Lipinski definition) is 1. The van der Waals surface area contributed by atoms with Crippen molar-refractivity contribution < 1.29 is 4.79 Å². The Kier molecular flexibility index (Phi) is 5.35. The molecule has 0 fully saturated rings. The zero-order chi connectivity index (χ0) is 21.3. The Morgan fingerprint density at radius 2 is 1.97 bits per heavy atom. The third-order valence-electron chi connectivity index (χ3n) is 5.17. The van der Waals surface area contributed by atoms with E-state index in [1.165, 1.54) is 5.56 Å². The van der Waals surface area contributed by atoms with Crippen molar-refractivity contribution in [2.45, 2.75) is 46.8 Å². The number of fused-ring (bicyclic) bond motifs is 1. The number of nitrogens with one attached hydrogen (secondary N) is 1. The van der Waals surface area contributed by atoms with Crippen LogP contribution in [0, 0.1) is 13.8 Å². The topological polar surface area (TPSA) is 77.6 Å². The number of rotatable bonds is 6. The van der Waals surface area contributed by atoms with Gasteiger partial charge in [-0.05, 0) is 39.8 Å². The average molecular weight is 403 g/mol. The van der Waals surface area contributed by atoms with Crippen LogP contribution < -0.4 is 5.32 Å². The number of carbonyl (C=O) groups is 1. The van der Waals surface area contributed by atoms with Crippen molar-refractivity contribution in [2.24, 2.45) is 0 Å². The molecule has 0 spiro atoms. The van der Waals surface area contributed by atoms with Crippen LogP contribution in [0.3, 0.4) is 0 Å². The lowest BCUT2D eigenvalue weighted by atomic mass is 10.0. The zero-order valence-electron chi connectivity index (χ0n) is 17.8. The summed E-state index contributed by atoms with van der Waals surface area (Å²) in [6, 6.07) is 11.8. The number of hydrogen-bond acceptors (Lipinski definition) is 4. The molecular weight excluding hydrogens is 376 g/mol. The molecule has 0 unspecified atom stereocenters. The van der Waals surface area contributed by atoms with Gasteiger partial charge >= 0.3 is 0 Å². The molecule has 0 radical (unpaired) electrons. The first kappa shape index (κ1) is 19.8. The van der Waals surface area contributed by atoms with Crippen LogP contribution in [0.15, 0.2) is 48.8 Å². The molecule has 154 valence electrons. The minimum absolute atomic E-state index is 0.0787. The van der Waals surface area contributed by atoms with Gasteiger partial charge in [-0.25, -0.2) is 9.67 Å². The van der Waals surface area contributed by atoms with Crippen LogP contribution in [-0.2, 0) is 13.1 Å². The predicted octanol–water partition coefficient (Wildman–Crippen LogP) is 3.75. The third-order valence-corrected chi connectivity index (χ3v) is 5.17. The van der Waals surface area contributed by atoms with Gasteiger partial charge in [-0.15, -0.1) is 0 Å². The monoisotopic (exact) mass is 402 g/mol. The second-order valence-corrected chi connectivity index (χ2v) is 7.62. The zero-order valence-corrected chi connectivity index (χ0v) is 17.8. The van der Waals surface area contributed by atoms with Crippen molar-refractivity contribution >= 4 is 16.9 Å². The van der Waals surface area contributed by atoms with E-state index >= 15 is 0 Å². The van der Waals surface area contributed by atoms with Gasteiger partial charge < -0.3 is 5.32 Å². The van der Waals surface area contributed by atoms with Gasteiger partial charge in [0.2, 0.25) is 0 Å². The molecule has 0 bridgehead atoms. The molecule has 7 nitrogen and oxygen atoms in total. The summed E-state index contributed by atoms with van der Waals surface area (Å²) in [5.74, 6) is -0.130. The van der Waals surface area contributed by atoms with E-state index < -0.39 is 0 Å². The summed E-state index contributed by atoms with van der Waals surface area (Å²) in [6.07, 6.45) is 3.62. The van der Waals surface area contributed by atoms with E-state index in [4.69, 9.17) is 4.98 Å². The highest BCUT2D eigenvalue weighted by Crippen LogP contribution is 2.27. The average Bonchev–Trinajstić information content (AvgIpc) is 3.35. The molecule has 0 aliphatic heterocycles. The number of nitrogens with zero attached hydrogens (tertiary/aromatic N) is 5. The maximum Gasteiger partial charge on any atom is 0.252 e. The van der Waals surface area contributed by atoms with Crippen molar-refractivity contribution in [2.75, 3.05) is 0 Å². The highest BCUT2D eigenvalue weighted by molar-refractivity contribution is 6.07. The van der Waals surface area contributed by atoms with Gasteiger partial charge in [0.1, 0.15) is 0 Å². The summed E-state index contributed by atoms with van der Waals surface area (Å²) in [6.45, 7) is 9.26. The maximum absolute atomic E-state index is 13.3. The van der Waals surface area contributed by atoms with Gasteiger partial charge in [0, 0.05) is 30.5 Å². The standard InChI is InChI=1S/C23H26N6O/c1-5-29-22-21(17(4)27-29)19(13-20(26-22)18-9-7-15(2)8-10-18)23(30)25-16(3)14-28-12-6-11-24-28/h6-13,16H,5,14H2,1-4H3,(H,25,30)/t16-/m1/s1. The molecule has 4 aromatic rings. The number of carbonyl (C=O) groups excluding carboxylic acids is 1. The second-order valence-electron chi connectivity index (χ2n) is 7.62. The van der Waals surface area contributed by atoms with Gasteiger partial charge in [0.05, 0.1) is 28.9 Å². The summed E-state index contributed by atoms with van der Waals surface area (Å²) in [5.41, 5.74) is 5.06. The molecule has 0 saturated carbocycles. The second kappa shape index (κ2) is 8.10. The van der Waals surface area contributed by atoms with Crippen LogP contribution in [0.25, 0.3) is 22.3 Å². The number of aromatic nitrogens is 5. The number of pyridine rings is 1. The first-order chi connectivity index (χ1) is 14.5. The molecule has 7 heteroatoms. The lowest BCUT2D eigenvalue weighted by molar-refractivity contribution is 0.0937. The fourth-order valence-electron chi connectivity index (χ4n) is 3.66. The molecule has 3 aromatic heterocycles. The normalized spacial score (nSPS) is 12.3. The number of aryl methyl sites for hydroxylation is 3. The highest BCUT2D eigenvalue weighted by Gasteiger charge is 2.21. The third kappa shape index (κ3) is 3.83. The van der Waals surface area contributed by atoms with E-state index in [0.29, 0.717) is 18.7 Å². The van der Waals surface area contributed by atoms with Crippen LogP contribution in [0.2, 0.25) is 0 Å². The lowest BCUT2D eigenvalue weighted by Gasteiger charge is -2.15. The smallest absolute Gasteiger partial charge is 0.252 e. The van der Waals surface area contributed by atoms with Crippen molar-refractivity contribution in [3.8, 4) is 11.3 Å². The molecule has 1 amide bonds. The molecule has 1 atom stereocenters. The Morgan fingerprint density at radius 1 is 1.20 bits per heavy atom. The Morgan fingerprint density at radius 3 is 2.63 bits per heavy atom. The van der Waals surface area contributed by atoms with E-state index in [1.807, 2.05) is 60.6 Å². The number of amides is 1.